The zero-order valence-corrected chi connectivity index (χ0v) is 12.2. The van der Waals surface area contributed by atoms with Crippen molar-refractivity contribution in [3.8, 4) is 0 Å². The Labute approximate surface area is 115 Å². The highest BCUT2D eigenvalue weighted by Gasteiger charge is 2.15. The van der Waals surface area contributed by atoms with E-state index in [1.54, 1.807) is 6.92 Å². The Morgan fingerprint density at radius 2 is 1.89 bits per heavy atom. The van der Waals surface area contributed by atoms with Gasteiger partial charge in [-0.05, 0) is 26.7 Å². The smallest absolute Gasteiger partial charge is 0.305 e. The molecule has 0 bridgehead atoms. The van der Waals surface area contributed by atoms with Crippen LogP contribution in [0.1, 0.15) is 46.5 Å². The van der Waals surface area contributed by atoms with Gasteiger partial charge in [-0.2, -0.15) is 0 Å². The molecule has 0 saturated heterocycles. The van der Waals surface area contributed by atoms with Gasteiger partial charge in [-0.25, -0.2) is 0 Å². The Hall–Kier alpha value is -0.810. The Kier molecular flexibility index (Phi) is 12.2. The van der Waals surface area contributed by atoms with Crippen molar-refractivity contribution in [2.75, 3.05) is 6.61 Å². The van der Waals surface area contributed by atoms with Crippen LogP contribution in [0.25, 0.3) is 0 Å². The van der Waals surface area contributed by atoms with Crippen LogP contribution in [0.3, 0.4) is 0 Å². The van der Waals surface area contributed by atoms with E-state index in [2.05, 4.69) is 5.32 Å². The third-order valence-electron chi connectivity index (χ3n) is 2.41. The third kappa shape index (κ3) is 9.24. The second kappa shape index (κ2) is 11.3. The van der Waals surface area contributed by atoms with Crippen molar-refractivity contribution in [1.29, 1.82) is 0 Å². The van der Waals surface area contributed by atoms with Crippen molar-refractivity contribution >= 4 is 24.3 Å². The lowest BCUT2D eigenvalue weighted by atomic mass is 10.1. The third-order valence-corrected chi connectivity index (χ3v) is 2.41. The average Bonchev–Trinajstić information content (AvgIpc) is 2.27. The van der Waals surface area contributed by atoms with E-state index in [9.17, 15) is 9.59 Å². The Balaban J connectivity index is 0. The SMILES string of the molecule is CCCC(N)C(=O)NC(C)CCC(=O)OCC.Cl. The molecule has 0 saturated carbocycles. The van der Waals surface area contributed by atoms with Crippen molar-refractivity contribution < 1.29 is 14.3 Å². The Morgan fingerprint density at radius 3 is 2.39 bits per heavy atom. The number of amides is 1. The number of nitrogens with one attached hydrogen (secondary N) is 1. The average molecular weight is 281 g/mol. The molecule has 18 heavy (non-hydrogen) atoms. The molecule has 2 unspecified atom stereocenters. The summed E-state index contributed by atoms with van der Waals surface area (Å²) in [5, 5.41) is 2.79. The predicted molar refractivity (Wildman–Crippen MR) is 73.6 cm³/mol. The lowest BCUT2D eigenvalue weighted by Gasteiger charge is -2.16. The zero-order valence-electron chi connectivity index (χ0n) is 11.4. The molecule has 1 amide bonds. The summed E-state index contributed by atoms with van der Waals surface area (Å²) >= 11 is 0. The fraction of sp³-hybridized carbons (Fsp3) is 0.833. The van der Waals surface area contributed by atoms with E-state index < -0.39 is 6.04 Å². The van der Waals surface area contributed by atoms with E-state index in [4.69, 9.17) is 10.5 Å². The number of esters is 1. The fourth-order valence-electron chi connectivity index (χ4n) is 1.43. The van der Waals surface area contributed by atoms with Crippen molar-refractivity contribution in [2.24, 2.45) is 5.73 Å². The van der Waals surface area contributed by atoms with Crippen LogP contribution in [0.2, 0.25) is 0 Å². The van der Waals surface area contributed by atoms with Gasteiger partial charge in [0, 0.05) is 12.5 Å². The minimum absolute atomic E-state index is 0. The van der Waals surface area contributed by atoms with Crippen LogP contribution in [-0.2, 0) is 14.3 Å². The number of hydrogen-bond donors (Lipinski definition) is 2. The second-order valence-electron chi connectivity index (χ2n) is 4.15. The molecule has 5 nitrogen and oxygen atoms in total. The van der Waals surface area contributed by atoms with Crippen LogP contribution in [0, 0.1) is 0 Å². The van der Waals surface area contributed by atoms with Crippen LogP contribution in [0.5, 0.6) is 0 Å². The number of rotatable bonds is 8. The molecule has 0 fully saturated rings. The van der Waals surface area contributed by atoms with Crippen molar-refractivity contribution in [1.82, 2.24) is 5.32 Å². The molecule has 0 spiro atoms. The van der Waals surface area contributed by atoms with E-state index in [0.29, 0.717) is 25.9 Å². The van der Waals surface area contributed by atoms with Gasteiger partial charge in [0.1, 0.15) is 0 Å². The fourth-order valence-corrected chi connectivity index (χ4v) is 1.43. The van der Waals surface area contributed by atoms with Gasteiger partial charge in [0.15, 0.2) is 0 Å². The predicted octanol–water partition coefficient (Wildman–Crippen LogP) is 1.38. The molecule has 2 atom stereocenters. The standard InChI is InChI=1S/C12H24N2O3.ClH/c1-4-6-10(13)12(16)14-9(3)7-8-11(15)17-5-2;/h9-10H,4-8,13H2,1-3H3,(H,14,16);1H. The van der Waals surface area contributed by atoms with Gasteiger partial charge >= 0.3 is 5.97 Å². The number of carbonyl (C=O) groups excluding carboxylic acids is 2. The molecule has 3 N–H and O–H groups in total. The lowest BCUT2D eigenvalue weighted by Crippen LogP contribution is -2.44. The van der Waals surface area contributed by atoms with Gasteiger partial charge in [-0.1, -0.05) is 13.3 Å². The summed E-state index contributed by atoms with van der Waals surface area (Å²) in [6.45, 7) is 6.00. The summed E-state index contributed by atoms with van der Waals surface area (Å²) in [4.78, 5) is 22.7. The van der Waals surface area contributed by atoms with Crippen LogP contribution in [0.15, 0.2) is 0 Å². The summed E-state index contributed by atoms with van der Waals surface area (Å²) in [5.74, 6) is -0.380. The van der Waals surface area contributed by atoms with Gasteiger partial charge in [0.25, 0.3) is 0 Å². The van der Waals surface area contributed by atoms with Crippen molar-refractivity contribution in [3.63, 3.8) is 0 Å². The molecule has 0 aliphatic heterocycles. The van der Waals surface area contributed by atoms with E-state index in [1.165, 1.54) is 0 Å². The number of ether oxygens (including phenoxy) is 1. The quantitative estimate of drug-likeness (QED) is 0.658. The highest BCUT2D eigenvalue weighted by atomic mass is 35.5. The molecule has 6 heteroatoms. The maximum Gasteiger partial charge on any atom is 0.305 e. The monoisotopic (exact) mass is 280 g/mol. The topological polar surface area (TPSA) is 81.4 Å². The van der Waals surface area contributed by atoms with Gasteiger partial charge in [-0.3, -0.25) is 9.59 Å². The van der Waals surface area contributed by atoms with Crippen LogP contribution in [0.4, 0.5) is 0 Å². The van der Waals surface area contributed by atoms with Crippen LogP contribution < -0.4 is 11.1 Å². The molecular formula is C12H25ClN2O3. The zero-order chi connectivity index (χ0) is 13.3. The maximum absolute atomic E-state index is 11.6. The summed E-state index contributed by atoms with van der Waals surface area (Å²) < 4.78 is 4.81. The molecule has 108 valence electrons. The van der Waals surface area contributed by atoms with E-state index in [1.807, 2.05) is 13.8 Å². The Morgan fingerprint density at radius 1 is 1.28 bits per heavy atom. The van der Waals surface area contributed by atoms with Gasteiger partial charge in [0.05, 0.1) is 12.6 Å². The molecule has 0 aromatic rings. The molecule has 0 aromatic heterocycles. The van der Waals surface area contributed by atoms with Crippen LogP contribution >= 0.6 is 12.4 Å². The summed E-state index contributed by atoms with van der Waals surface area (Å²) in [7, 11) is 0. The molecule has 0 aliphatic rings. The Bertz CT molecular complexity index is 249. The molecule has 0 rings (SSSR count). The molecule has 0 heterocycles. The van der Waals surface area contributed by atoms with Crippen LogP contribution in [-0.4, -0.2) is 30.6 Å². The number of hydrogen-bond acceptors (Lipinski definition) is 4. The first-order valence-electron chi connectivity index (χ1n) is 6.22. The van der Waals surface area contributed by atoms with Gasteiger partial charge in [0.2, 0.25) is 5.91 Å². The largest absolute Gasteiger partial charge is 0.466 e. The van der Waals surface area contributed by atoms with E-state index in [0.717, 1.165) is 6.42 Å². The summed E-state index contributed by atoms with van der Waals surface area (Å²) in [6.07, 6.45) is 2.45. The number of halogens is 1. The number of nitrogens with two attached hydrogens (primary N) is 1. The van der Waals surface area contributed by atoms with E-state index >= 15 is 0 Å². The van der Waals surface area contributed by atoms with Crippen molar-refractivity contribution in [3.05, 3.63) is 0 Å². The molecule has 0 aliphatic carbocycles. The summed E-state index contributed by atoms with van der Waals surface area (Å²) in [6, 6.07) is -0.514. The normalized spacial score (nSPS) is 13.1. The lowest BCUT2D eigenvalue weighted by molar-refractivity contribution is -0.143. The van der Waals surface area contributed by atoms with Crippen molar-refractivity contribution in [2.45, 2.75) is 58.5 Å². The minimum Gasteiger partial charge on any atom is -0.466 e. The van der Waals surface area contributed by atoms with Gasteiger partial charge < -0.3 is 15.8 Å². The summed E-state index contributed by atoms with van der Waals surface area (Å²) in [5.41, 5.74) is 5.68. The first-order valence-corrected chi connectivity index (χ1v) is 6.22. The van der Waals surface area contributed by atoms with E-state index in [-0.39, 0.29) is 30.3 Å². The minimum atomic E-state index is -0.454. The molecular weight excluding hydrogens is 256 g/mol. The highest BCUT2D eigenvalue weighted by Crippen LogP contribution is 2.00. The second-order valence-corrected chi connectivity index (χ2v) is 4.15. The highest BCUT2D eigenvalue weighted by molar-refractivity contribution is 5.85. The maximum atomic E-state index is 11.6. The number of carbonyl (C=O) groups is 2. The molecule has 0 aromatic carbocycles. The molecule has 0 radical (unpaired) electrons. The van der Waals surface area contributed by atoms with Gasteiger partial charge in [-0.15, -0.1) is 12.4 Å². The first kappa shape index (κ1) is 19.5. The first-order chi connectivity index (χ1) is 8.01.